The molecule has 7 heteroatoms. The number of hydrogen-bond donors (Lipinski definition) is 3. The number of primary amides is 1. The SMILES string of the molecule is NC(=O)c1ccsc1NC(=O)CN1CCC[C@@H](N)C1. The predicted octanol–water partition coefficient (Wildman–Crippen LogP) is 0.209. The summed E-state index contributed by atoms with van der Waals surface area (Å²) in [5.74, 6) is -0.671. The van der Waals surface area contributed by atoms with Gasteiger partial charge in [0.25, 0.3) is 5.91 Å². The summed E-state index contributed by atoms with van der Waals surface area (Å²) < 4.78 is 0. The monoisotopic (exact) mass is 282 g/mol. The van der Waals surface area contributed by atoms with E-state index in [-0.39, 0.29) is 11.9 Å². The van der Waals surface area contributed by atoms with Gasteiger partial charge in [-0.25, -0.2) is 0 Å². The van der Waals surface area contributed by atoms with E-state index in [1.807, 2.05) is 4.90 Å². The third-order valence-corrected chi connectivity index (χ3v) is 3.92. The highest BCUT2D eigenvalue weighted by atomic mass is 32.1. The van der Waals surface area contributed by atoms with Crippen molar-refractivity contribution in [2.75, 3.05) is 25.0 Å². The van der Waals surface area contributed by atoms with E-state index >= 15 is 0 Å². The normalized spacial score (nSPS) is 20.2. The topological polar surface area (TPSA) is 101 Å². The van der Waals surface area contributed by atoms with Crippen LogP contribution in [-0.2, 0) is 4.79 Å². The van der Waals surface area contributed by atoms with E-state index in [1.54, 1.807) is 11.4 Å². The van der Waals surface area contributed by atoms with Crippen LogP contribution in [0, 0.1) is 0 Å². The first kappa shape index (κ1) is 14.0. The molecule has 1 aromatic heterocycles. The summed E-state index contributed by atoms with van der Waals surface area (Å²) in [7, 11) is 0. The Morgan fingerprint density at radius 2 is 2.32 bits per heavy atom. The minimum Gasteiger partial charge on any atom is -0.366 e. The van der Waals surface area contributed by atoms with Crippen LogP contribution >= 0.6 is 11.3 Å². The molecule has 1 aliphatic rings. The lowest BCUT2D eigenvalue weighted by molar-refractivity contribution is -0.117. The van der Waals surface area contributed by atoms with E-state index < -0.39 is 5.91 Å². The van der Waals surface area contributed by atoms with Gasteiger partial charge in [-0.1, -0.05) is 0 Å². The number of anilines is 1. The maximum absolute atomic E-state index is 11.9. The number of nitrogens with two attached hydrogens (primary N) is 2. The molecule has 5 N–H and O–H groups in total. The molecule has 2 heterocycles. The molecule has 0 spiro atoms. The zero-order chi connectivity index (χ0) is 13.8. The van der Waals surface area contributed by atoms with E-state index in [9.17, 15) is 9.59 Å². The van der Waals surface area contributed by atoms with Crippen molar-refractivity contribution in [3.8, 4) is 0 Å². The molecular formula is C12H18N4O2S. The highest BCUT2D eigenvalue weighted by Gasteiger charge is 2.20. The van der Waals surface area contributed by atoms with Crippen molar-refractivity contribution in [2.45, 2.75) is 18.9 Å². The van der Waals surface area contributed by atoms with Crippen molar-refractivity contribution >= 4 is 28.2 Å². The maximum Gasteiger partial charge on any atom is 0.251 e. The first-order valence-electron chi connectivity index (χ1n) is 6.21. The fourth-order valence-corrected chi connectivity index (χ4v) is 3.01. The Labute approximate surface area is 115 Å². The van der Waals surface area contributed by atoms with Gasteiger partial charge < -0.3 is 16.8 Å². The van der Waals surface area contributed by atoms with Gasteiger partial charge in [0.05, 0.1) is 12.1 Å². The third kappa shape index (κ3) is 3.76. The predicted molar refractivity (Wildman–Crippen MR) is 75.1 cm³/mol. The summed E-state index contributed by atoms with van der Waals surface area (Å²) in [6, 6.07) is 1.75. The van der Waals surface area contributed by atoms with Gasteiger partial charge in [0, 0.05) is 12.6 Å². The number of carbonyl (C=O) groups excluding carboxylic acids is 2. The molecule has 0 unspecified atom stereocenters. The van der Waals surface area contributed by atoms with E-state index in [0.717, 1.165) is 25.9 Å². The molecule has 104 valence electrons. The zero-order valence-corrected chi connectivity index (χ0v) is 11.4. The number of carbonyl (C=O) groups is 2. The minimum atomic E-state index is -0.531. The summed E-state index contributed by atoms with van der Waals surface area (Å²) in [5, 5.41) is 4.97. The number of piperidine rings is 1. The number of likely N-dealkylation sites (tertiary alicyclic amines) is 1. The van der Waals surface area contributed by atoms with Crippen LogP contribution in [0.25, 0.3) is 0 Å². The van der Waals surface area contributed by atoms with Gasteiger partial charge in [0.1, 0.15) is 5.00 Å². The van der Waals surface area contributed by atoms with Gasteiger partial charge in [0.2, 0.25) is 5.91 Å². The molecule has 6 nitrogen and oxygen atoms in total. The van der Waals surface area contributed by atoms with Crippen LogP contribution in [0.2, 0.25) is 0 Å². The smallest absolute Gasteiger partial charge is 0.251 e. The van der Waals surface area contributed by atoms with Gasteiger partial charge in [-0.05, 0) is 30.8 Å². The van der Waals surface area contributed by atoms with Crippen LogP contribution in [-0.4, -0.2) is 42.4 Å². The molecule has 19 heavy (non-hydrogen) atoms. The average Bonchev–Trinajstić information content (AvgIpc) is 2.76. The third-order valence-electron chi connectivity index (χ3n) is 3.09. The van der Waals surface area contributed by atoms with Gasteiger partial charge >= 0.3 is 0 Å². The molecule has 1 aromatic rings. The first-order chi connectivity index (χ1) is 9.06. The largest absolute Gasteiger partial charge is 0.366 e. The number of amides is 2. The van der Waals surface area contributed by atoms with Crippen LogP contribution in [0.5, 0.6) is 0 Å². The Hall–Kier alpha value is -1.44. The van der Waals surface area contributed by atoms with Crippen molar-refractivity contribution in [1.29, 1.82) is 0 Å². The molecule has 0 saturated carbocycles. The lowest BCUT2D eigenvalue weighted by Crippen LogP contribution is -2.45. The quantitative estimate of drug-likeness (QED) is 0.734. The lowest BCUT2D eigenvalue weighted by Gasteiger charge is -2.29. The number of hydrogen-bond acceptors (Lipinski definition) is 5. The first-order valence-corrected chi connectivity index (χ1v) is 7.09. The Bertz CT molecular complexity index is 474. The van der Waals surface area contributed by atoms with Crippen LogP contribution in [0.4, 0.5) is 5.00 Å². The molecule has 1 saturated heterocycles. The van der Waals surface area contributed by atoms with E-state index in [0.29, 0.717) is 17.1 Å². The summed E-state index contributed by atoms with van der Waals surface area (Å²) in [4.78, 5) is 25.1. The van der Waals surface area contributed by atoms with E-state index in [4.69, 9.17) is 11.5 Å². The Morgan fingerprint density at radius 3 is 3.00 bits per heavy atom. The van der Waals surface area contributed by atoms with E-state index in [2.05, 4.69) is 5.32 Å². The maximum atomic E-state index is 11.9. The minimum absolute atomic E-state index is 0.140. The van der Waals surface area contributed by atoms with Crippen molar-refractivity contribution in [2.24, 2.45) is 11.5 Å². The molecule has 1 aliphatic heterocycles. The highest BCUT2D eigenvalue weighted by molar-refractivity contribution is 7.14. The van der Waals surface area contributed by atoms with E-state index in [1.165, 1.54) is 11.3 Å². The van der Waals surface area contributed by atoms with Crippen molar-refractivity contribution in [3.05, 3.63) is 17.0 Å². The molecule has 2 rings (SSSR count). The van der Waals surface area contributed by atoms with Crippen molar-refractivity contribution in [1.82, 2.24) is 4.90 Å². The standard InChI is InChI=1S/C12H18N4O2S/c13-8-2-1-4-16(6-8)7-10(17)15-12-9(11(14)18)3-5-19-12/h3,5,8H,1-2,4,6-7,13H2,(H2,14,18)(H,15,17)/t8-/m1/s1. The molecule has 1 fully saturated rings. The molecule has 0 bridgehead atoms. The second kappa shape index (κ2) is 6.14. The summed E-state index contributed by atoms with van der Waals surface area (Å²) in [6.45, 7) is 1.92. The zero-order valence-electron chi connectivity index (χ0n) is 10.6. The number of nitrogens with one attached hydrogen (secondary N) is 1. The van der Waals surface area contributed by atoms with Gasteiger partial charge in [-0.2, -0.15) is 0 Å². The van der Waals surface area contributed by atoms with Crippen LogP contribution in [0.1, 0.15) is 23.2 Å². The highest BCUT2D eigenvalue weighted by Crippen LogP contribution is 2.22. The number of rotatable bonds is 4. The fraction of sp³-hybridized carbons (Fsp3) is 0.500. The molecule has 0 radical (unpaired) electrons. The summed E-state index contributed by atoms with van der Waals surface area (Å²) in [6.07, 6.45) is 2.02. The number of thiophene rings is 1. The summed E-state index contributed by atoms with van der Waals surface area (Å²) >= 11 is 1.29. The Morgan fingerprint density at radius 1 is 1.53 bits per heavy atom. The molecule has 2 amide bonds. The number of nitrogens with zero attached hydrogens (tertiary/aromatic N) is 1. The molecule has 0 aliphatic carbocycles. The van der Waals surface area contributed by atoms with Gasteiger partial charge in [-0.3, -0.25) is 14.5 Å². The van der Waals surface area contributed by atoms with Crippen molar-refractivity contribution < 1.29 is 9.59 Å². The van der Waals surface area contributed by atoms with Crippen LogP contribution in [0.15, 0.2) is 11.4 Å². The van der Waals surface area contributed by atoms with Crippen LogP contribution in [0.3, 0.4) is 0 Å². The fourth-order valence-electron chi connectivity index (χ4n) is 2.20. The van der Waals surface area contributed by atoms with Crippen molar-refractivity contribution in [3.63, 3.8) is 0 Å². The Kier molecular flexibility index (Phi) is 4.52. The van der Waals surface area contributed by atoms with Crippen LogP contribution < -0.4 is 16.8 Å². The second-order valence-corrected chi connectivity index (χ2v) is 5.63. The summed E-state index contributed by atoms with van der Waals surface area (Å²) in [5.41, 5.74) is 11.5. The Balaban J connectivity index is 1.90. The second-order valence-electron chi connectivity index (χ2n) is 4.71. The molecule has 0 aromatic carbocycles. The molecule has 1 atom stereocenters. The average molecular weight is 282 g/mol. The lowest BCUT2D eigenvalue weighted by atomic mass is 10.1. The van der Waals surface area contributed by atoms with Gasteiger partial charge in [0.15, 0.2) is 0 Å². The van der Waals surface area contributed by atoms with Gasteiger partial charge in [-0.15, -0.1) is 11.3 Å². The molecular weight excluding hydrogens is 264 g/mol.